The highest BCUT2D eigenvalue weighted by atomic mass is 19.3. The molecule has 128 valence electrons. The average Bonchev–Trinajstić information content (AvgIpc) is 2.54. The molecule has 23 heavy (non-hydrogen) atoms. The van der Waals surface area contributed by atoms with Crippen molar-refractivity contribution in [3.05, 3.63) is 29.8 Å². The van der Waals surface area contributed by atoms with E-state index in [0.29, 0.717) is 5.56 Å². The molecule has 0 aromatic heterocycles. The van der Waals surface area contributed by atoms with Crippen LogP contribution in [0.25, 0.3) is 0 Å². The zero-order valence-electron chi connectivity index (χ0n) is 13.1. The van der Waals surface area contributed by atoms with Gasteiger partial charge in [0.1, 0.15) is 5.75 Å². The molecule has 7 heteroatoms. The fraction of sp³-hybridized carbons (Fsp3) is 0.562. The summed E-state index contributed by atoms with van der Waals surface area (Å²) in [6.07, 6.45) is 0.846. The van der Waals surface area contributed by atoms with Crippen LogP contribution in [0.2, 0.25) is 0 Å². The maximum absolute atomic E-state index is 12.1. The lowest BCUT2D eigenvalue weighted by Crippen LogP contribution is -2.40. The Morgan fingerprint density at radius 1 is 1.30 bits per heavy atom. The van der Waals surface area contributed by atoms with E-state index in [1.54, 1.807) is 0 Å². The van der Waals surface area contributed by atoms with E-state index in [-0.39, 0.29) is 17.7 Å². The van der Waals surface area contributed by atoms with Crippen molar-refractivity contribution in [3.8, 4) is 5.75 Å². The van der Waals surface area contributed by atoms with E-state index in [4.69, 9.17) is 4.74 Å². The predicted octanol–water partition coefficient (Wildman–Crippen LogP) is 2.13. The topological polar surface area (TPSA) is 50.8 Å². The second-order valence-corrected chi connectivity index (χ2v) is 5.52. The zero-order valence-corrected chi connectivity index (χ0v) is 13.1. The molecule has 2 rings (SSSR count). The monoisotopic (exact) mass is 328 g/mol. The van der Waals surface area contributed by atoms with Crippen molar-refractivity contribution in [2.24, 2.45) is 0 Å². The number of alkyl halides is 2. The fourth-order valence-corrected chi connectivity index (χ4v) is 2.37. The molecular formula is C16H22F2N2O3. The van der Waals surface area contributed by atoms with Gasteiger partial charge in [-0.3, -0.25) is 9.69 Å². The van der Waals surface area contributed by atoms with Crippen molar-refractivity contribution in [3.63, 3.8) is 0 Å². The predicted molar refractivity (Wildman–Crippen MR) is 81.9 cm³/mol. The molecule has 1 aliphatic heterocycles. The highest BCUT2D eigenvalue weighted by Crippen LogP contribution is 2.15. The molecule has 1 N–H and O–H groups in total. The van der Waals surface area contributed by atoms with Gasteiger partial charge in [0.05, 0.1) is 13.2 Å². The molecule has 1 amide bonds. The Morgan fingerprint density at radius 2 is 1.96 bits per heavy atom. The quantitative estimate of drug-likeness (QED) is 0.833. The number of halogens is 2. The molecule has 1 heterocycles. The SMILES string of the molecule is CC(CCN1CCOCC1)NC(=O)c1ccc(OC(F)F)cc1. The van der Waals surface area contributed by atoms with Crippen LogP contribution in [0.3, 0.4) is 0 Å². The molecule has 1 aliphatic rings. The number of morpholine rings is 1. The molecule has 1 aromatic rings. The van der Waals surface area contributed by atoms with Gasteiger partial charge in [0.25, 0.3) is 5.91 Å². The molecule has 0 spiro atoms. The molecule has 1 atom stereocenters. The summed E-state index contributed by atoms with van der Waals surface area (Å²) in [6.45, 7) is 3.36. The van der Waals surface area contributed by atoms with Gasteiger partial charge < -0.3 is 14.8 Å². The lowest BCUT2D eigenvalue weighted by Gasteiger charge is -2.27. The molecule has 0 aliphatic carbocycles. The number of benzene rings is 1. The highest BCUT2D eigenvalue weighted by Gasteiger charge is 2.14. The zero-order chi connectivity index (χ0) is 16.7. The first-order chi connectivity index (χ1) is 11.0. The Labute approximate surface area is 134 Å². The van der Waals surface area contributed by atoms with Crippen LogP contribution in [0.5, 0.6) is 5.75 Å². The van der Waals surface area contributed by atoms with Crippen LogP contribution >= 0.6 is 0 Å². The molecule has 1 fully saturated rings. The standard InChI is InChI=1S/C16H22F2N2O3/c1-12(6-7-20-8-10-22-11-9-20)19-15(21)13-2-4-14(5-3-13)23-16(17)18/h2-5,12,16H,6-11H2,1H3,(H,19,21). The Kier molecular flexibility index (Phi) is 6.73. The number of amides is 1. The van der Waals surface area contributed by atoms with E-state index in [0.717, 1.165) is 39.3 Å². The summed E-state index contributed by atoms with van der Waals surface area (Å²) >= 11 is 0. The maximum atomic E-state index is 12.1. The molecule has 0 radical (unpaired) electrons. The molecule has 5 nitrogen and oxygen atoms in total. The third-order valence-corrected chi connectivity index (χ3v) is 3.70. The van der Waals surface area contributed by atoms with Crippen LogP contribution in [0.4, 0.5) is 8.78 Å². The molecule has 1 aromatic carbocycles. The average molecular weight is 328 g/mol. The number of carbonyl (C=O) groups is 1. The number of nitrogens with one attached hydrogen (secondary N) is 1. The van der Waals surface area contributed by atoms with Crippen LogP contribution in [0.15, 0.2) is 24.3 Å². The van der Waals surface area contributed by atoms with Gasteiger partial charge in [0.2, 0.25) is 0 Å². The smallest absolute Gasteiger partial charge is 0.387 e. The van der Waals surface area contributed by atoms with E-state index in [1.165, 1.54) is 24.3 Å². The fourth-order valence-electron chi connectivity index (χ4n) is 2.37. The summed E-state index contributed by atoms with van der Waals surface area (Å²) in [5.41, 5.74) is 0.421. The molecule has 1 saturated heterocycles. The molecule has 0 saturated carbocycles. The van der Waals surface area contributed by atoms with Gasteiger partial charge in [0, 0.05) is 31.2 Å². The third-order valence-electron chi connectivity index (χ3n) is 3.70. The lowest BCUT2D eigenvalue weighted by molar-refractivity contribution is -0.0498. The second kappa shape index (κ2) is 8.79. The number of ether oxygens (including phenoxy) is 2. The van der Waals surface area contributed by atoms with Crippen molar-refractivity contribution < 1.29 is 23.0 Å². The Bertz CT molecular complexity index is 491. The van der Waals surface area contributed by atoms with Gasteiger partial charge in [-0.15, -0.1) is 0 Å². The number of carbonyl (C=O) groups excluding carboxylic acids is 1. The first kappa shape index (κ1) is 17.6. The van der Waals surface area contributed by atoms with Crippen LogP contribution < -0.4 is 10.1 Å². The minimum absolute atomic E-state index is 0.0299. The van der Waals surface area contributed by atoms with Gasteiger partial charge in [-0.05, 0) is 37.6 Å². The normalized spacial score (nSPS) is 17.0. The van der Waals surface area contributed by atoms with Crippen molar-refractivity contribution in [1.82, 2.24) is 10.2 Å². The summed E-state index contributed by atoms with van der Waals surface area (Å²) in [7, 11) is 0. The number of rotatable bonds is 7. The first-order valence-corrected chi connectivity index (χ1v) is 7.70. The van der Waals surface area contributed by atoms with E-state index in [1.807, 2.05) is 6.92 Å². The Morgan fingerprint density at radius 3 is 2.57 bits per heavy atom. The van der Waals surface area contributed by atoms with Gasteiger partial charge in [-0.1, -0.05) is 0 Å². The summed E-state index contributed by atoms with van der Waals surface area (Å²) in [5, 5.41) is 2.91. The largest absolute Gasteiger partial charge is 0.435 e. The third kappa shape index (κ3) is 6.11. The Balaban J connectivity index is 1.76. The lowest BCUT2D eigenvalue weighted by atomic mass is 10.1. The molecule has 1 unspecified atom stereocenters. The summed E-state index contributed by atoms with van der Waals surface area (Å²) in [5.74, 6) is -0.181. The van der Waals surface area contributed by atoms with Gasteiger partial charge in [-0.25, -0.2) is 0 Å². The van der Waals surface area contributed by atoms with Gasteiger partial charge in [0.15, 0.2) is 0 Å². The minimum Gasteiger partial charge on any atom is -0.435 e. The molecular weight excluding hydrogens is 306 g/mol. The number of nitrogens with zero attached hydrogens (tertiary/aromatic N) is 1. The van der Waals surface area contributed by atoms with Gasteiger partial charge in [-0.2, -0.15) is 8.78 Å². The van der Waals surface area contributed by atoms with E-state index in [2.05, 4.69) is 15.0 Å². The number of hydrogen-bond donors (Lipinski definition) is 1. The highest BCUT2D eigenvalue weighted by molar-refractivity contribution is 5.94. The maximum Gasteiger partial charge on any atom is 0.387 e. The second-order valence-electron chi connectivity index (χ2n) is 5.52. The van der Waals surface area contributed by atoms with Crippen LogP contribution in [-0.4, -0.2) is 56.3 Å². The van der Waals surface area contributed by atoms with Crippen LogP contribution in [-0.2, 0) is 4.74 Å². The summed E-state index contributed by atoms with van der Waals surface area (Å²) in [6, 6.07) is 5.70. The van der Waals surface area contributed by atoms with E-state index in [9.17, 15) is 13.6 Å². The van der Waals surface area contributed by atoms with Crippen LogP contribution in [0.1, 0.15) is 23.7 Å². The first-order valence-electron chi connectivity index (χ1n) is 7.70. The summed E-state index contributed by atoms with van der Waals surface area (Å²) in [4.78, 5) is 14.4. The van der Waals surface area contributed by atoms with Gasteiger partial charge >= 0.3 is 6.61 Å². The van der Waals surface area contributed by atoms with Crippen molar-refractivity contribution in [2.45, 2.75) is 26.0 Å². The van der Waals surface area contributed by atoms with Crippen molar-refractivity contribution >= 4 is 5.91 Å². The van der Waals surface area contributed by atoms with E-state index >= 15 is 0 Å². The van der Waals surface area contributed by atoms with Crippen molar-refractivity contribution in [1.29, 1.82) is 0 Å². The molecule has 0 bridgehead atoms. The van der Waals surface area contributed by atoms with Crippen LogP contribution in [0, 0.1) is 0 Å². The van der Waals surface area contributed by atoms with E-state index < -0.39 is 6.61 Å². The Hall–Kier alpha value is -1.73. The number of hydrogen-bond acceptors (Lipinski definition) is 4. The van der Waals surface area contributed by atoms with Crippen molar-refractivity contribution in [2.75, 3.05) is 32.8 Å². The minimum atomic E-state index is -2.87. The summed E-state index contributed by atoms with van der Waals surface area (Å²) < 4.78 is 33.7.